The Morgan fingerprint density at radius 2 is 1.79 bits per heavy atom. The van der Waals surface area contributed by atoms with Crippen LogP contribution < -0.4 is 10.6 Å². The predicted molar refractivity (Wildman–Crippen MR) is 97.5 cm³/mol. The predicted octanol–water partition coefficient (Wildman–Crippen LogP) is 4.31. The van der Waals surface area contributed by atoms with Crippen LogP contribution >= 0.6 is 0 Å². The molecular formula is C20H19N3O. The Kier molecular flexibility index (Phi) is 4.87. The van der Waals surface area contributed by atoms with E-state index in [1.54, 1.807) is 12.3 Å². The van der Waals surface area contributed by atoms with Gasteiger partial charge in [0.2, 0.25) is 5.91 Å². The first-order valence-corrected chi connectivity index (χ1v) is 7.82. The van der Waals surface area contributed by atoms with Crippen LogP contribution in [0.5, 0.6) is 0 Å². The average Bonchev–Trinajstić information content (AvgIpc) is 2.57. The fourth-order valence-corrected chi connectivity index (χ4v) is 2.42. The highest BCUT2D eigenvalue weighted by atomic mass is 16.1. The van der Waals surface area contributed by atoms with Crippen LogP contribution in [-0.4, -0.2) is 10.9 Å². The van der Waals surface area contributed by atoms with E-state index in [1.165, 1.54) is 0 Å². The molecular weight excluding hydrogens is 298 g/mol. The zero-order chi connectivity index (χ0) is 16.8. The van der Waals surface area contributed by atoms with Crippen molar-refractivity contribution in [2.75, 3.05) is 10.6 Å². The Labute approximate surface area is 141 Å². The largest absolute Gasteiger partial charge is 0.354 e. The molecule has 0 saturated heterocycles. The normalized spacial score (nSPS) is 10.2. The van der Waals surface area contributed by atoms with E-state index in [2.05, 4.69) is 15.6 Å². The van der Waals surface area contributed by atoms with Gasteiger partial charge in [0.25, 0.3) is 0 Å². The van der Waals surface area contributed by atoms with E-state index in [0.717, 1.165) is 22.5 Å². The van der Waals surface area contributed by atoms with E-state index in [1.807, 2.05) is 67.6 Å². The molecule has 1 amide bonds. The second kappa shape index (κ2) is 7.42. The van der Waals surface area contributed by atoms with E-state index in [0.29, 0.717) is 12.2 Å². The molecule has 0 spiro atoms. The van der Waals surface area contributed by atoms with Crippen LogP contribution in [0.4, 0.5) is 17.2 Å². The maximum atomic E-state index is 12.1. The molecule has 3 rings (SSSR count). The second-order valence-corrected chi connectivity index (χ2v) is 5.64. The van der Waals surface area contributed by atoms with Crippen LogP contribution in [0, 0.1) is 6.92 Å². The summed E-state index contributed by atoms with van der Waals surface area (Å²) < 4.78 is 0. The fraction of sp³-hybridized carbons (Fsp3) is 0.100. The molecule has 2 N–H and O–H groups in total. The molecule has 1 heterocycles. The molecule has 4 heteroatoms. The molecule has 0 radical (unpaired) electrons. The molecule has 0 saturated carbocycles. The van der Waals surface area contributed by atoms with Gasteiger partial charge < -0.3 is 10.6 Å². The van der Waals surface area contributed by atoms with Crippen LogP contribution in [0.1, 0.15) is 11.1 Å². The minimum atomic E-state index is -0.0723. The van der Waals surface area contributed by atoms with Gasteiger partial charge in [-0.25, -0.2) is 4.98 Å². The van der Waals surface area contributed by atoms with Gasteiger partial charge in [0.1, 0.15) is 5.82 Å². The summed E-state index contributed by atoms with van der Waals surface area (Å²) in [5.41, 5.74) is 4.01. The quantitative estimate of drug-likeness (QED) is 0.737. The average molecular weight is 317 g/mol. The van der Waals surface area contributed by atoms with Crippen LogP contribution in [0.15, 0.2) is 72.9 Å². The number of amides is 1. The number of aromatic nitrogens is 1. The number of hydrogen-bond acceptors (Lipinski definition) is 3. The number of rotatable bonds is 5. The van der Waals surface area contributed by atoms with Crippen molar-refractivity contribution in [3.8, 4) is 0 Å². The van der Waals surface area contributed by atoms with Crippen molar-refractivity contribution < 1.29 is 4.79 Å². The van der Waals surface area contributed by atoms with Gasteiger partial charge in [0.15, 0.2) is 0 Å². The molecule has 0 aliphatic rings. The summed E-state index contributed by atoms with van der Waals surface area (Å²) in [6.45, 7) is 2.02. The number of nitrogens with zero attached hydrogens (tertiary/aromatic N) is 1. The molecule has 0 aliphatic carbocycles. The maximum absolute atomic E-state index is 12.1. The second-order valence-electron chi connectivity index (χ2n) is 5.64. The van der Waals surface area contributed by atoms with Crippen LogP contribution in [-0.2, 0) is 11.2 Å². The lowest BCUT2D eigenvalue weighted by Crippen LogP contribution is -2.15. The van der Waals surface area contributed by atoms with Crippen molar-refractivity contribution in [1.82, 2.24) is 4.98 Å². The summed E-state index contributed by atoms with van der Waals surface area (Å²) in [5.74, 6) is 0.475. The number of carbonyl (C=O) groups is 1. The SMILES string of the molecule is Cc1cccc(CC(=O)Nc2ccc(Nc3ccccc3)cn2)c1. The Bertz CT molecular complexity index is 814. The highest BCUT2D eigenvalue weighted by Crippen LogP contribution is 2.16. The third kappa shape index (κ3) is 4.43. The maximum Gasteiger partial charge on any atom is 0.229 e. The lowest BCUT2D eigenvalue weighted by Gasteiger charge is -2.08. The Morgan fingerprint density at radius 1 is 0.958 bits per heavy atom. The minimum absolute atomic E-state index is 0.0723. The summed E-state index contributed by atoms with van der Waals surface area (Å²) >= 11 is 0. The van der Waals surface area contributed by atoms with Crippen LogP contribution in [0.2, 0.25) is 0 Å². The molecule has 0 aliphatic heterocycles. The highest BCUT2D eigenvalue weighted by Gasteiger charge is 2.05. The topological polar surface area (TPSA) is 54.0 Å². The van der Waals surface area contributed by atoms with Gasteiger partial charge >= 0.3 is 0 Å². The van der Waals surface area contributed by atoms with Gasteiger partial charge in [-0.3, -0.25) is 4.79 Å². The van der Waals surface area contributed by atoms with Crippen molar-refractivity contribution in [3.05, 3.63) is 84.1 Å². The molecule has 0 bridgehead atoms. The molecule has 0 atom stereocenters. The summed E-state index contributed by atoms with van der Waals surface area (Å²) in [7, 11) is 0. The van der Waals surface area contributed by atoms with Gasteiger partial charge in [0, 0.05) is 5.69 Å². The molecule has 24 heavy (non-hydrogen) atoms. The van der Waals surface area contributed by atoms with Crippen molar-refractivity contribution >= 4 is 23.1 Å². The Hall–Kier alpha value is -3.14. The number of hydrogen-bond donors (Lipinski definition) is 2. The van der Waals surface area contributed by atoms with Crippen molar-refractivity contribution in [2.24, 2.45) is 0 Å². The van der Waals surface area contributed by atoms with Gasteiger partial charge in [-0.1, -0.05) is 48.0 Å². The monoisotopic (exact) mass is 317 g/mol. The lowest BCUT2D eigenvalue weighted by molar-refractivity contribution is -0.115. The summed E-state index contributed by atoms with van der Waals surface area (Å²) in [5, 5.41) is 6.08. The molecule has 0 fully saturated rings. The zero-order valence-corrected chi connectivity index (χ0v) is 13.5. The van der Waals surface area contributed by atoms with E-state index in [4.69, 9.17) is 0 Å². The number of nitrogens with one attached hydrogen (secondary N) is 2. The standard InChI is InChI=1S/C20H19N3O/c1-15-6-5-7-16(12-15)13-20(24)23-19-11-10-18(14-21-19)22-17-8-3-2-4-9-17/h2-12,14,22H,13H2,1H3,(H,21,23,24). The number of anilines is 3. The van der Waals surface area contributed by atoms with Crippen molar-refractivity contribution in [2.45, 2.75) is 13.3 Å². The van der Waals surface area contributed by atoms with Crippen LogP contribution in [0.25, 0.3) is 0 Å². The minimum Gasteiger partial charge on any atom is -0.354 e. The molecule has 2 aromatic carbocycles. The summed E-state index contributed by atoms with van der Waals surface area (Å²) in [6.07, 6.45) is 2.04. The van der Waals surface area contributed by atoms with E-state index >= 15 is 0 Å². The van der Waals surface area contributed by atoms with Crippen LogP contribution in [0.3, 0.4) is 0 Å². The molecule has 0 unspecified atom stereocenters. The first-order chi connectivity index (χ1) is 11.7. The lowest BCUT2D eigenvalue weighted by atomic mass is 10.1. The number of carbonyl (C=O) groups excluding carboxylic acids is 1. The van der Waals surface area contributed by atoms with E-state index in [9.17, 15) is 4.79 Å². The first kappa shape index (κ1) is 15.7. The molecule has 1 aromatic heterocycles. The smallest absolute Gasteiger partial charge is 0.229 e. The number of aryl methyl sites for hydroxylation is 1. The number of para-hydroxylation sites is 1. The third-order valence-electron chi connectivity index (χ3n) is 3.54. The van der Waals surface area contributed by atoms with Crippen molar-refractivity contribution in [3.63, 3.8) is 0 Å². The fourth-order valence-electron chi connectivity index (χ4n) is 2.42. The third-order valence-corrected chi connectivity index (χ3v) is 3.54. The van der Waals surface area contributed by atoms with E-state index in [-0.39, 0.29) is 5.91 Å². The van der Waals surface area contributed by atoms with E-state index < -0.39 is 0 Å². The highest BCUT2D eigenvalue weighted by molar-refractivity contribution is 5.91. The Morgan fingerprint density at radius 3 is 2.50 bits per heavy atom. The van der Waals surface area contributed by atoms with Crippen molar-refractivity contribution in [1.29, 1.82) is 0 Å². The molecule has 3 aromatic rings. The molecule has 120 valence electrons. The van der Waals surface area contributed by atoms with Gasteiger partial charge in [-0.15, -0.1) is 0 Å². The summed E-state index contributed by atoms with van der Waals surface area (Å²) in [6, 6.07) is 21.5. The van der Waals surface area contributed by atoms with Gasteiger partial charge in [-0.05, 0) is 36.8 Å². The first-order valence-electron chi connectivity index (χ1n) is 7.82. The Balaban J connectivity index is 1.58. The summed E-state index contributed by atoms with van der Waals surface area (Å²) in [4.78, 5) is 16.4. The zero-order valence-electron chi connectivity index (χ0n) is 13.5. The van der Waals surface area contributed by atoms with Gasteiger partial charge in [-0.2, -0.15) is 0 Å². The number of benzene rings is 2. The molecule has 4 nitrogen and oxygen atoms in total. The number of pyridine rings is 1. The van der Waals surface area contributed by atoms with Gasteiger partial charge in [0.05, 0.1) is 18.3 Å².